The fraction of sp³-hybridized carbons (Fsp3) is 0.350. The zero-order valence-corrected chi connectivity index (χ0v) is 14.9. The molecule has 7 nitrogen and oxygen atoms in total. The molecule has 3 aromatic rings. The number of ether oxygens (including phenoxy) is 1. The minimum Gasteiger partial charge on any atom is -0.478 e. The summed E-state index contributed by atoms with van der Waals surface area (Å²) in [5, 5.41) is 24.7. The summed E-state index contributed by atoms with van der Waals surface area (Å²) in [6.07, 6.45) is 5.83. The van der Waals surface area contributed by atoms with Gasteiger partial charge in [-0.3, -0.25) is 0 Å². The fourth-order valence-corrected chi connectivity index (χ4v) is 3.19. The first kappa shape index (κ1) is 17.6. The summed E-state index contributed by atoms with van der Waals surface area (Å²) in [4.78, 5) is 15.4. The lowest BCUT2D eigenvalue weighted by Crippen LogP contribution is -2.30. The van der Waals surface area contributed by atoms with E-state index in [9.17, 15) is 9.90 Å². The second-order valence-electron chi connectivity index (χ2n) is 6.93. The van der Waals surface area contributed by atoms with Crippen molar-refractivity contribution in [2.45, 2.75) is 44.5 Å². The molecule has 2 heterocycles. The van der Waals surface area contributed by atoms with Crippen LogP contribution >= 0.6 is 0 Å². The van der Waals surface area contributed by atoms with E-state index in [2.05, 4.69) is 10.1 Å². The number of benzene rings is 1. The van der Waals surface area contributed by atoms with Crippen LogP contribution in [0.25, 0.3) is 16.7 Å². The molecule has 4 rings (SSSR count). The van der Waals surface area contributed by atoms with Gasteiger partial charge in [-0.05, 0) is 56.5 Å². The maximum Gasteiger partial charge on any atom is 0.335 e. The Morgan fingerprint density at radius 2 is 2.00 bits per heavy atom. The standard InChI is InChI=1S/C20H21N3O4/c1-12(27-17-3-2-4-17)18(24)14-9-15-11-22-23(19(15)21-10-14)16-7-5-13(6-8-16)20(25)26/h5-12,17-18,24H,2-4H2,1H3,(H,25,26)/t12-,18-/m1/s1. The van der Waals surface area contributed by atoms with Crippen LogP contribution in [0.1, 0.15) is 48.2 Å². The number of fused-ring (bicyclic) bond motifs is 1. The molecule has 1 fully saturated rings. The molecular formula is C20H21N3O4. The average Bonchev–Trinajstić information content (AvgIpc) is 3.07. The predicted octanol–water partition coefficient (Wildman–Crippen LogP) is 3.11. The van der Waals surface area contributed by atoms with Crippen molar-refractivity contribution in [3.05, 3.63) is 53.9 Å². The zero-order valence-electron chi connectivity index (χ0n) is 14.9. The quantitative estimate of drug-likeness (QED) is 0.695. The molecule has 0 aliphatic heterocycles. The molecule has 7 heteroatoms. The number of hydrogen-bond acceptors (Lipinski definition) is 5. The van der Waals surface area contributed by atoms with E-state index in [0.717, 1.165) is 23.9 Å². The van der Waals surface area contributed by atoms with E-state index in [1.54, 1.807) is 29.2 Å². The molecule has 1 aliphatic carbocycles. The summed E-state index contributed by atoms with van der Waals surface area (Å²) in [7, 11) is 0. The van der Waals surface area contributed by atoms with Gasteiger partial charge in [0.15, 0.2) is 5.65 Å². The van der Waals surface area contributed by atoms with Gasteiger partial charge in [-0.2, -0.15) is 5.10 Å². The molecule has 140 valence electrons. The van der Waals surface area contributed by atoms with Crippen molar-refractivity contribution < 1.29 is 19.7 Å². The lowest BCUT2D eigenvalue weighted by molar-refractivity contribution is -0.0944. The number of aliphatic hydroxyl groups excluding tert-OH is 1. The minimum absolute atomic E-state index is 0.217. The van der Waals surface area contributed by atoms with Crippen LogP contribution < -0.4 is 0 Å². The molecule has 2 aromatic heterocycles. The predicted molar refractivity (Wildman–Crippen MR) is 99.0 cm³/mol. The third kappa shape index (κ3) is 3.43. The van der Waals surface area contributed by atoms with Crippen LogP contribution in [0.3, 0.4) is 0 Å². The lowest BCUT2D eigenvalue weighted by Gasteiger charge is -2.31. The van der Waals surface area contributed by atoms with Crippen molar-refractivity contribution in [3.63, 3.8) is 0 Å². The van der Waals surface area contributed by atoms with Crippen molar-refractivity contribution in [2.24, 2.45) is 0 Å². The van der Waals surface area contributed by atoms with E-state index < -0.39 is 12.1 Å². The largest absolute Gasteiger partial charge is 0.478 e. The number of aliphatic hydroxyl groups is 1. The van der Waals surface area contributed by atoms with E-state index in [0.29, 0.717) is 11.2 Å². The Labute approximate surface area is 156 Å². The number of aromatic nitrogens is 3. The topological polar surface area (TPSA) is 97.5 Å². The third-order valence-corrected chi connectivity index (χ3v) is 5.03. The number of carboxylic acids is 1. The Kier molecular flexibility index (Phi) is 4.63. The summed E-state index contributed by atoms with van der Waals surface area (Å²) in [6, 6.07) is 8.30. The Morgan fingerprint density at radius 1 is 1.26 bits per heavy atom. The number of hydrogen-bond donors (Lipinski definition) is 2. The van der Waals surface area contributed by atoms with Crippen LogP contribution in [0.4, 0.5) is 0 Å². The summed E-state index contributed by atoms with van der Waals surface area (Å²) >= 11 is 0. The van der Waals surface area contributed by atoms with E-state index in [1.807, 2.05) is 13.0 Å². The van der Waals surface area contributed by atoms with Crippen molar-refractivity contribution in [2.75, 3.05) is 0 Å². The normalized spacial score (nSPS) is 16.8. The number of carbonyl (C=O) groups is 1. The molecule has 0 bridgehead atoms. The summed E-state index contributed by atoms with van der Waals surface area (Å²) in [6.45, 7) is 1.88. The summed E-state index contributed by atoms with van der Waals surface area (Å²) in [5.41, 5.74) is 2.27. The van der Waals surface area contributed by atoms with E-state index in [-0.39, 0.29) is 17.8 Å². The van der Waals surface area contributed by atoms with Crippen molar-refractivity contribution >= 4 is 17.0 Å². The van der Waals surface area contributed by atoms with Gasteiger partial charge in [0, 0.05) is 17.1 Å². The second kappa shape index (κ2) is 7.09. The lowest BCUT2D eigenvalue weighted by atomic mass is 9.95. The Hall–Kier alpha value is -2.77. The maximum absolute atomic E-state index is 11.0. The number of nitrogens with zero attached hydrogens (tertiary/aromatic N) is 3. The molecule has 1 aliphatic rings. The van der Waals surface area contributed by atoms with Gasteiger partial charge < -0.3 is 14.9 Å². The maximum atomic E-state index is 11.0. The molecule has 2 N–H and O–H groups in total. The highest BCUT2D eigenvalue weighted by atomic mass is 16.5. The second-order valence-corrected chi connectivity index (χ2v) is 6.93. The van der Waals surface area contributed by atoms with Gasteiger partial charge in [0.05, 0.1) is 29.7 Å². The minimum atomic E-state index is -0.970. The Balaban J connectivity index is 1.58. The van der Waals surface area contributed by atoms with Crippen LogP contribution in [-0.2, 0) is 4.74 Å². The third-order valence-electron chi connectivity index (χ3n) is 5.03. The molecule has 1 saturated carbocycles. The van der Waals surface area contributed by atoms with Gasteiger partial charge in [0.1, 0.15) is 6.10 Å². The van der Waals surface area contributed by atoms with Gasteiger partial charge in [-0.1, -0.05) is 0 Å². The Morgan fingerprint density at radius 3 is 2.63 bits per heavy atom. The van der Waals surface area contributed by atoms with Crippen molar-refractivity contribution in [3.8, 4) is 5.69 Å². The van der Waals surface area contributed by atoms with Crippen LogP contribution in [0.2, 0.25) is 0 Å². The van der Waals surface area contributed by atoms with Crippen molar-refractivity contribution in [1.29, 1.82) is 0 Å². The number of aromatic carboxylic acids is 1. The van der Waals surface area contributed by atoms with Gasteiger partial charge in [0.2, 0.25) is 0 Å². The molecule has 0 amide bonds. The van der Waals surface area contributed by atoms with Gasteiger partial charge in [-0.25, -0.2) is 14.5 Å². The first-order chi connectivity index (χ1) is 13.0. The molecular weight excluding hydrogens is 346 g/mol. The first-order valence-electron chi connectivity index (χ1n) is 9.04. The van der Waals surface area contributed by atoms with Gasteiger partial charge >= 0.3 is 5.97 Å². The number of pyridine rings is 1. The van der Waals surface area contributed by atoms with E-state index in [4.69, 9.17) is 9.84 Å². The molecule has 0 spiro atoms. The monoisotopic (exact) mass is 367 g/mol. The van der Waals surface area contributed by atoms with Crippen LogP contribution in [0.5, 0.6) is 0 Å². The van der Waals surface area contributed by atoms with Gasteiger partial charge in [-0.15, -0.1) is 0 Å². The van der Waals surface area contributed by atoms with Crippen LogP contribution in [0.15, 0.2) is 42.7 Å². The van der Waals surface area contributed by atoms with Crippen molar-refractivity contribution in [1.82, 2.24) is 14.8 Å². The zero-order chi connectivity index (χ0) is 19.0. The summed E-state index contributed by atoms with van der Waals surface area (Å²) in [5.74, 6) is -0.970. The molecule has 1 aromatic carbocycles. The smallest absolute Gasteiger partial charge is 0.335 e. The molecule has 2 atom stereocenters. The molecule has 0 saturated heterocycles. The first-order valence-corrected chi connectivity index (χ1v) is 9.04. The molecule has 0 unspecified atom stereocenters. The molecule has 27 heavy (non-hydrogen) atoms. The molecule has 0 radical (unpaired) electrons. The van der Waals surface area contributed by atoms with E-state index >= 15 is 0 Å². The summed E-state index contributed by atoms with van der Waals surface area (Å²) < 4.78 is 7.52. The Bertz CT molecular complexity index is 963. The van der Waals surface area contributed by atoms with Crippen LogP contribution in [0, 0.1) is 0 Å². The average molecular weight is 367 g/mol. The number of rotatable bonds is 6. The number of carboxylic acid groups (broad SMARTS) is 1. The highest BCUT2D eigenvalue weighted by Crippen LogP contribution is 2.28. The van der Waals surface area contributed by atoms with Crippen LogP contribution in [-0.4, -0.2) is 43.2 Å². The SMILES string of the molecule is C[C@@H](OC1CCC1)[C@@H](O)c1cnc2c(cnn2-c2ccc(C(=O)O)cc2)c1. The van der Waals surface area contributed by atoms with E-state index in [1.165, 1.54) is 18.6 Å². The fourth-order valence-electron chi connectivity index (χ4n) is 3.19. The highest BCUT2D eigenvalue weighted by molar-refractivity contribution is 5.87. The highest BCUT2D eigenvalue weighted by Gasteiger charge is 2.25. The van der Waals surface area contributed by atoms with Gasteiger partial charge in [0.25, 0.3) is 0 Å².